The highest BCUT2D eigenvalue weighted by Gasteiger charge is 2.06. The second-order valence-electron chi connectivity index (χ2n) is 4.45. The van der Waals surface area contributed by atoms with Crippen molar-refractivity contribution in [3.05, 3.63) is 76.5 Å². The van der Waals surface area contributed by atoms with Gasteiger partial charge in [0, 0.05) is 28.4 Å². The molecule has 2 aromatic carbocycles. The van der Waals surface area contributed by atoms with Crippen LogP contribution in [0.15, 0.2) is 54.2 Å². The van der Waals surface area contributed by atoms with Crippen molar-refractivity contribution in [1.82, 2.24) is 0 Å². The molecule has 0 aromatic heterocycles. The highest BCUT2D eigenvalue weighted by molar-refractivity contribution is 6.30. The van der Waals surface area contributed by atoms with Crippen molar-refractivity contribution in [3.63, 3.8) is 0 Å². The van der Waals surface area contributed by atoms with Crippen LogP contribution in [0.5, 0.6) is 0 Å². The third-order valence-electron chi connectivity index (χ3n) is 2.74. The molecule has 0 fully saturated rings. The molecule has 0 unspecified atom stereocenters. The lowest BCUT2D eigenvalue weighted by Gasteiger charge is -2.07. The monoisotopic (exact) mass is 307 g/mol. The van der Waals surface area contributed by atoms with Crippen molar-refractivity contribution in [3.8, 4) is 0 Å². The van der Waals surface area contributed by atoms with Gasteiger partial charge in [-0.15, -0.1) is 0 Å². The van der Waals surface area contributed by atoms with Gasteiger partial charge in [0.2, 0.25) is 0 Å². The van der Waals surface area contributed by atoms with Crippen LogP contribution in [-0.2, 0) is 0 Å². The Hall–Kier alpha value is -2.20. The first-order valence-electron chi connectivity index (χ1n) is 6.16. The molecule has 108 valence electrons. The lowest BCUT2D eigenvalue weighted by atomic mass is 10.1. The van der Waals surface area contributed by atoms with E-state index in [2.05, 4.69) is 5.32 Å². The Morgan fingerprint density at radius 2 is 1.81 bits per heavy atom. The molecule has 1 N–H and O–H groups in total. The molecule has 0 amide bonds. The number of carbonyl (C=O) groups excluding carboxylic acids is 1. The van der Waals surface area contributed by atoms with Gasteiger partial charge in [-0.05, 0) is 43.3 Å². The first-order chi connectivity index (χ1) is 9.95. The third kappa shape index (κ3) is 4.13. The molecular weight excluding hydrogens is 296 g/mol. The topological polar surface area (TPSA) is 29.1 Å². The smallest absolute Gasteiger partial charge is 0.187 e. The summed E-state index contributed by atoms with van der Waals surface area (Å²) in [5.41, 5.74) is 1.02. The minimum atomic E-state index is -0.721. The lowest BCUT2D eigenvalue weighted by Crippen LogP contribution is -2.03. The van der Waals surface area contributed by atoms with Crippen molar-refractivity contribution in [2.75, 3.05) is 5.32 Å². The molecular formula is C16H12ClF2NO. The molecule has 0 spiro atoms. The zero-order valence-electron chi connectivity index (χ0n) is 11.2. The molecule has 0 aliphatic carbocycles. The summed E-state index contributed by atoms with van der Waals surface area (Å²) in [5, 5.41) is 3.26. The molecule has 2 rings (SSSR count). The summed E-state index contributed by atoms with van der Waals surface area (Å²) < 4.78 is 26.3. The molecule has 5 heteroatoms. The van der Waals surface area contributed by atoms with E-state index in [9.17, 15) is 13.6 Å². The van der Waals surface area contributed by atoms with Gasteiger partial charge in [0.05, 0.1) is 5.69 Å². The number of carbonyl (C=O) groups is 1. The van der Waals surface area contributed by atoms with Gasteiger partial charge in [-0.25, -0.2) is 8.78 Å². The van der Waals surface area contributed by atoms with Gasteiger partial charge in [-0.2, -0.15) is 0 Å². The van der Waals surface area contributed by atoms with Gasteiger partial charge in [0.1, 0.15) is 11.6 Å². The number of rotatable bonds is 4. The fourth-order valence-electron chi connectivity index (χ4n) is 1.73. The standard InChI is InChI=1S/C16H12ClF2NO/c1-10(20-15-7-6-13(18)9-14(15)19)8-16(21)11-2-4-12(17)5-3-11/h2-9,20H,1H3. The van der Waals surface area contributed by atoms with Crippen LogP contribution in [0.2, 0.25) is 5.02 Å². The molecule has 0 heterocycles. The van der Waals surface area contributed by atoms with Crippen molar-refractivity contribution in [2.24, 2.45) is 0 Å². The van der Waals surface area contributed by atoms with Crippen LogP contribution >= 0.6 is 11.6 Å². The Morgan fingerprint density at radius 1 is 1.14 bits per heavy atom. The van der Waals surface area contributed by atoms with Crippen LogP contribution in [0.4, 0.5) is 14.5 Å². The maximum absolute atomic E-state index is 13.5. The van der Waals surface area contributed by atoms with E-state index in [1.165, 1.54) is 12.1 Å². The summed E-state index contributed by atoms with van der Waals surface area (Å²) in [6.07, 6.45) is 1.34. The SMILES string of the molecule is CC(=CC(=O)c1ccc(Cl)cc1)Nc1ccc(F)cc1F. The predicted octanol–water partition coefficient (Wildman–Crippen LogP) is 4.82. The Balaban J connectivity index is 2.13. The maximum Gasteiger partial charge on any atom is 0.187 e. The number of nitrogens with one attached hydrogen (secondary N) is 1. The van der Waals surface area contributed by atoms with Crippen molar-refractivity contribution < 1.29 is 13.6 Å². The zero-order chi connectivity index (χ0) is 15.4. The Labute approximate surface area is 126 Å². The molecule has 0 aliphatic rings. The minimum absolute atomic E-state index is 0.106. The van der Waals surface area contributed by atoms with E-state index in [0.29, 0.717) is 16.3 Å². The van der Waals surface area contributed by atoms with Crippen molar-refractivity contribution >= 4 is 23.1 Å². The number of halogens is 3. The van der Waals surface area contributed by atoms with E-state index in [-0.39, 0.29) is 11.5 Å². The third-order valence-corrected chi connectivity index (χ3v) is 2.99. The predicted molar refractivity (Wildman–Crippen MR) is 79.5 cm³/mol. The molecule has 2 nitrogen and oxygen atoms in total. The zero-order valence-corrected chi connectivity index (χ0v) is 11.9. The lowest BCUT2D eigenvalue weighted by molar-refractivity contribution is 0.104. The van der Waals surface area contributed by atoms with E-state index in [4.69, 9.17) is 11.6 Å². The fourth-order valence-corrected chi connectivity index (χ4v) is 1.86. The summed E-state index contributed by atoms with van der Waals surface area (Å²) in [6, 6.07) is 9.63. The van der Waals surface area contributed by atoms with Crippen LogP contribution in [0, 0.1) is 11.6 Å². The second kappa shape index (κ2) is 6.50. The number of benzene rings is 2. The quantitative estimate of drug-likeness (QED) is 0.648. The number of allylic oxidation sites excluding steroid dienone is 2. The normalized spacial score (nSPS) is 11.3. The largest absolute Gasteiger partial charge is 0.357 e. The average Bonchev–Trinajstić information content (AvgIpc) is 2.42. The molecule has 0 saturated carbocycles. The Morgan fingerprint density at radius 3 is 2.43 bits per heavy atom. The molecule has 0 atom stereocenters. The van der Waals surface area contributed by atoms with Crippen LogP contribution in [-0.4, -0.2) is 5.78 Å². The molecule has 0 saturated heterocycles. The van der Waals surface area contributed by atoms with Crippen molar-refractivity contribution in [2.45, 2.75) is 6.92 Å². The summed E-state index contributed by atoms with van der Waals surface area (Å²) in [4.78, 5) is 12.0. The summed E-state index contributed by atoms with van der Waals surface area (Å²) in [5.74, 6) is -1.61. The van der Waals surface area contributed by atoms with E-state index < -0.39 is 11.6 Å². The van der Waals surface area contributed by atoms with E-state index in [0.717, 1.165) is 12.1 Å². The highest BCUT2D eigenvalue weighted by atomic mass is 35.5. The fraction of sp³-hybridized carbons (Fsp3) is 0.0625. The maximum atomic E-state index is 13.5. The van der Waals surface area contributed by atoms with E-state index >= 15 is 0 Å². The average molecular weight is 308 g/mol. The highest BCUT2D eigenvalue weighted by Crippen LogP contribution is 2.17. The van der Waals surface area contributed by atoms with Gasteiger partial charge in [0.15, 0.2) is 5.78 Å². The Bertz CT molecular complexity index is 696. The molecule has 0 bridgehead atoms. The van der Waals surface area contributed by atoms with Gasteiger partial charge >= 0.3 is 0 Å². The van der Waals surface area contributed by atoms with Crippen LogP contribution in [0.25, 0.3) is 0 Å². The van der Waals surface area contributed by atoms with Crippen LogP contribution in [0.3, 0.4) is 0 Å². The van der Waals surface area contributed by atoms with Gasteiger partial charge < -0.3 is 5.32 Å². The number of hydrogen-bond donors (Lipinski definition) is 1. The number of anilines is 1. The first kappa shape index (κ1) is 15.2. The van der Waals surface area contributed by atoms with Crippen molar-refractivity contribution in [1.29, 1.82) is 0 Å². The molecule has 2 aromatic rings. The Kier molecular flexibility index (Phi) is 4.70. The van der Waals surface area contributed by atoms with Gasteiger partial charge in [0.25, 0.3) is 0 Å². The van der Waals surface area contributed by atoms with Gasteiger partial charge in [-0.1, -0.05) is 11.6 Å². The molecule has 0 aliphatic heterocycles. The van der Waals surface area contributed by atoms with Crippen LogP contribution in [0.1, 0.15) is 17.3 Å². The number of ketones is 1. The summed E-state index contributed by atoms with van der Waals surface area (Å²) in [6.45, 7) is 1.62. The molecule has 0 radical (unpaired) electrons. The minimum Gasteiger partial charge on any atom is -0.357 e. The van der Waals surface area contributed by atoms with Crippen LogP contribution < -0.4 is 5.32 Å². The van der Waals surface area contributed by atoms with E-state index in [1.807, 2.05) is 0 Å². The van der Waals surface area contributed by atoms with E-state index in [1.54, 1.807) is 31.2 Å². The first-order valence-corrected chi connectivity index (χ1v) is 6.54. The number of hydrogen-bond acceptors (Lipinski definition) is 2. The van der Waals surface area contributed by atoms with Gasteiger partial charge in [-0.3, -0.25) is 4.79 Å². The second-order valence-corrected chi connectivity index (χ2v) is 4.88. The summed E-state index contributed by atoms with van der Waals surface area (Å²) >= 11 is 5.75. The summed E-state index contributed by atoms with van der Waals surface area (Å²) in [7, 11) is 0. The molecule has 21 heavy (non-hydrogen) atoms.